The number of unbranched alkanes of at least 4 members (excludes halogenated alkanes) is 1. The molecule has 0 saturated carbocycles. The largest absolute Gasteiger partial charge is 0.494 e. The molecule has 6 nitrogen and oxygen atoms in total. The Bertz CT molecular complexity index is 1030. The molecule has 1 aromatic carbocycles. The molecule has 1 amide bonds. The van der Waals surface area contributed by atoms with Crippen LogP contribution in [0, 0.1) is 11.7 Å². The molecule has 4 rings (SSSR count). The number of halogens is 1. The van der Waals surface area contributed by atoms with Crippen molar-refractivity contribution in [2.45, 2.75) is 63.8 Å². The Morgan fingerprint density at radius 3 is 2.74 bits per heavy atom. The van der Waals surface area contributed by atoms with Crippen LogP contribution in [0.1, 0.15) is 67.1 Å². The molecule has 1 aliphatic heterocycles. The Labute approximate surface area is 207 Å². The van der Waals surface area contributed by atoms with E-state index in [2.05, 4.69) is 12.1 Å². The molecule has 1 aliphatic carbocycles. The van der Waals surface area contributed by atoms with Crippen LogP contribution in [0.15, 0.2) is 30.3 Å². The predicted molar refractivity (Wildman–Crippen MR) is 132 cm³/mol. The van der Waals surface area contributed by atoms with Gasteiger partial charge in [0, 0.05) is 17.9 Å². The molecule has 2 atom stereocenters. The third-order valence-electron chi connectivity index (χ3n) is 6.83. The minimum absolute atomic E-state index is 0. The molecule has 34 heavy (non-hydrogen) atoms. The maximum absolute atomic E-state index is 14.2. The smallest absolute Gasteiger partial charge is 0.305 e. The number of fused-ring (bicyclic) bond motifs is 1. The second-order valence-corrected chi connectivity index (χ2v) is 9.06. The summed E-state index contributed by atoms with van der Waals surface area (Å²) in [7, 11) is 1.37. The van der Waals surface area contributed by atoms with E-state index in [1.54, 1.807) is 11.0 Å². The molecule has 8 heteroatoms. The lowest BCUT2D eigenvalue weighted by Crippen LogP contribution is -2.54. The normalized spacial score (nSPS) is 17.9. The number of β-lactam (4-membered cyclic amide) rings is 1. The summed E-state index contributed by atoms with van der Waals surface area (Å²) < 4.78 is 19.1. The quantitative estimate of drug-likeness (QED) is 0.390. The van der Waals surface area contributed by atoms with E-state index < -0.39 is 17.8 Å². The number of aromatic nitrogens is 1. The van der Waals surface area contributed by atoms with Gasteiger partial charge in [0.15, 0.2) is 11.6 Å². The van der Waals surface area contributed by atoms with Crippen LogP contribution >= 0.6 is 13.5 Å². The third-order valence-corrected chi connectivity index (χ3v) is 6.83. The van der Waals surface area contributed by atoms with Gasteiger partial charge in [-0.15, -0.1) is 0 Å². The van der Waals surface area contributed by atoms with Gasteiger partial charge in [-0.2, -0.15) is 13.5 Å². The van der Waals surface area contributed by atoms with Gasteiger partial charge in [-0.1, -0.05) is 18.6 Å². The Kier molecular flexibility index (Phi) is 8.94. The van der Waals surface area contributed by atoms with Crippen molar-refractivity contribution in [2.24, 2.45) is 5.92 Å². The molecule has 0 bridgehead atoms. The zero-order valence-corrected chi connectivity index (χ0v) is 20.6. The number of likely N-dealkylation sites (tertiary alicyclic amines) is 1. The van der Waals surface area contributed by atoms with Gasteiger partial charge < -0.3 is 14.7 Å². The number of benzene rings is 1. The van der Waals surface area contributed by atoms with E-state index in [0.29, 0.717) is 12.1 Å². The molecule has 1 fully saturated rings. The van der Waals surface area contributed by atoms with E-state index in [4.69, 9.17) is 9.72 Å². The highest BCUT2D eigenvalue weighted by Crippen LogP contribution is 2.36. The summed E-state index contributed by atoms with van der Waals surface area (Å²) in [5.41, 5.74) is 4.24. The van der Waals surface area contributed by atoms with Crippen LogP contribution in [0.3, 0.4) is 0 Å². The molecule has 184 valence electrons. The Balaban J connectivity index is 0.00000324. The highest BCUT2D eigenvalue weighted by atomic mass is 32.1. The fraction of sp³-hybridized carbons (Fsp3) is 0.500. The molecular formula is C26H33FN2O4S. The summed E-state index contributed by atoms with van der Waals surface area (Å²) in [5.74, 6) is -1.64. The molecule has 2 aliphatic rings. The van der Waals surface area contributed by atoms with Crippen molar-refractivity contribution in [3.8, 4) is 5.75 Å². The van der Waals surface area contributed by atoms with Crippen LogP contribution in [-0.2, 0) is 28.9 Å². The van der Waals surface area contributed by atoms with Crippen LogP contribution in [0.25, 0.3) is 0 Å². The number of aliphatic carboxylic acids is 1. The predicted octanol–water partition coefficient (Wildman–Crippen LogP) is 4.61. The van der Waals surface area contributed by atoms with Crippen LogP contribution in [0.2, 0.25) is 0 Å². The fourth-order valence-corrected chi connectivity index (χ4v) is 4.95. The zero-order chi connectivity index (χ0) is 23.4. The van der Waals surface area contributed by atoms with Gasteiger partial charge in [-0.05, 0) is 74.3 Å². The number of amides is 1. The van der Waals surface area contributed by atoms with E-state index in [-0.39, 0.29) is 37.5 Å². The minimum Gasteiger partial charge on any atom is -0.494 e. The van der Waals surface area contributed by atoms with Crippen LogP contribution in [0.5, 0.6) is 5.75 Å². The second-order valence-electron chi connectivity index (χ2n) is 9.06. The lowest BCUT2D eigenvalue weighted by Gasteiger charge is -2.43. The van der Waals surface area contributed by atoms with Gasteiger partial charge in [0.2, 0.25) is 5.91 Å². The number of carboxylic acids is 1. The topological polar surface area (TPSA) is 79.7 Å². The van der Waals surface area contributed by atoms with Crippen molar-refractivity contribution < 1.29 is 23.8 Å². The standard InChI is InChI=1S/C26H31FN2O4.H2S/c1-33-24-13-11-18(14-21(24)27)23(15-25(30)31)29-16-19(26(29)32)7-2-4-8-20-12-10-17-6-3-5-9-22(17)28-20;/h10-14,19,23H,2-9,15-16H2,1H3,(H,30,31);1H2/t19?,23-;/m0./s1. The van der Waals surface area contributed by atoms with E-state index in [1.165, 1.54) is 43.3 Å². The first-order valence-electron chi connectivity index (χ1n) is 11.8. The van der Waals surface area contributed by atoms with Gasteiger partial charge in [0.05, 0.1) is 25.5 Å². The van der Waals surface area contributed by atoms with Crippen molar-refractivity contribution in [3.05, 3.63) is 58.7 Å². The van der Waals surface area contributed by atoms with Gasteiger partial charge in [-0.3, -0.25) is 14.6 Å². The van der Waals surface area contributed by atoms with Crippen molar-refractivity contribution in [1.29, 1.82) is 0 Å². The number of ether oxygens (including phenoxy) is 1. The lowest BCUT2D eigenvalue weighted by atomic mass is 9.88. The van der Waals surface area contributed by atoms with Crippen LogP contribution < -0.4 is 4.74 Å². The van der Waals surface area contributed by atoms with Crippen molar-refractivity contribution >= 4 is 25.4 Å². The minimum atomic E-state index is -1.02. The molecule has 1 unspecified atom stereocenters. The molecular weight excluding hydrogens is 455 g/mol. The van der Waals surface area contributed by atoms with E-state index in [1.807, 2.05) is 0 Å². The van der Waals surface area contributed by atoms with Crippen molar-refractivity contribution in [3.63, 3.8) is 0 Å². The average molecular weight is 489 g/mol. The zero-order valence-electron chi connectivity index (χ0n) is 19.6. The lowest BCUT2D eigenvalue weighted by molar-refractivity contribution is -0.154. The first-order valence-corrected chi connectivity index (χ1v) is 11.8. The number of carbonyl (C=O) groups is 2. The first-order chi connectivity index (χ1) is 16.0. The Morgan fingerprint density at radius 2 is 2.03 bits per heavy atom. The SMILES string of the molecule is COc1ccc([C@H](CC(=O)O)N2CC(CCCCc3ccc4c(n3)CCCC4)C2=O)cc1F.S. The van der Waals surface area contributed by atoms with E-state index >= 15 is 0 Å². The van der Waals surface area contributed by atoms with Gasteiger partial charge >= 0.3 is 5.97 Å². The summed E-state index contributed by atoms with van der Waals surface area (Å²) in [6.07, 6.45) is 7.99. The van der Waals surface area contributed by atoms with E-state index in [9.17, 15) is 19.1 Å². The molecule has 2 heterocycles. The summed E-state index contributed by atoms with van der Waals surface area (Å²) in [4.78, 5) is 30.6. The van der Waals surface area contributed by atoms with Gasteiger partial charge in [0.1, 0.15) is 0 Å². The second kappa shape index (κ2) is 11.7. The van der Waals surface area contributed by atoms with Crippen LogP contribution in [0.4, 0.5) is 4.39 Å². The number of hydrogen-bond donors (Lipinski definition) is 1. The Hall–Kier alpha value is -2.61. The maximum atomic E-state index is 14.2. The number of methoxy groups -OCH3 is 1. The number of pyridine rings is 1. The number of nitrogens with zero attached hydrogens (tertiary/aromatic N) is 2. The number of carboxylic acid groups (broad SMARTS) is 1. The number of carbonyl (C=O) groups excluding carboxylic acids is 1. The molecule has 0 spiro atoms. The molecule has 1 N–H and O–H groups in total. The summed E-state index contributed by atoms with van der Waals surface area (Å²) in [5, 5.41) is 9.33. The van der Waals surface area contributed by atoms with Crippen molar-refractivity contribution in [2.75, 3.05) is 13.7 Å². The number of hydrogen-bond acceptors (Lipinski definition) is 4. The summed E-state index contributed by atoms with van der Waals surface area (Å²) in [6, 6.07) is 8.03. The fourth-order valence-electron chi connectivity index (χ4n) is 4.95. The summed E-state index contributed by atoms with van der Waals surface area (Å²) >= 11 is 0. The maximum Gasteiger partial charge on any atom is 0.305 e. The van der Waals surface area contributed by atoms with E-state index in [0.717, 1.165) is 44.2 Å². The molecule has 2 aromatic rings. The van der Waals surface area contributed by atoms with Gasteiger partial charge in [-0.25, -0.2) is 4.39 Å². The first kappa shape index (κ1) is 26.0. The number of aryl methyl sites for hydroxylation is 3. The molecule has 0 radical (unpaired) electrons. The van der Waals surface area contributed by atoms with Crippen molar-refractivity contribution in [1.82, 2.24) is 9.88 Å². The Morgan fingerprint density at radius 1 is 1.24 bits per heavy atom. The summed E-state index contributed by atoms with van der Waals surface area (Å²) in [6.45, 7) is 0.502. The monoisotopic (exact) mass is 488 g/mol. The average Bonchev–Trinajstić information content (AvgIpc) is 2.81. The molecule has 1 aromatic heterocycles. The van der Waals surface area contributed by atoms with Crippen LogP contribution in [-0.4, -0.2) is 40.5 Å². The molecule has 1 saturated heterocycles. The highest BCUT2D eigenvalue weighted by Gasteiger charge is 2.41. The number of rotatable bonds is 10. The third kappa shape index (κ3) is 5.90. The highest BCUT2D eigenvalue weighted by molar-refractivity contribution is 7.59. The van der Waals surface area contributed by atoms with Gasteiger partial charge in [0.25, 0.3) is 0 Å².